The number of nitrogens with two attached hydrogens (primary N) is 1. The fourth-order valence-corrected chi connectivity index (χ4v) is 1.37. The SMILES string of the molecule is CC1CCC(C#N)C1N. The van der Waals surface area contributed by atoms with Gasteiger partial charge in [0.2, 0.25) is 0 Å². The van der Waals surface area contributed by atoms with E-state index in [2.05, 4.69) is 13.0 Å². The maximum absolute atomic E-state index is 8.52. The van der Waals surface area contributed by atoms with Crippen molar-refractivity contribution in [1.29, 1.82) is 5.26 Å². The highest BCUT2D eigenvalue weighted by Crippen LogP contribution is 2.28. The molecule has 3 atom stereocenters. The van der Waals surface area contributed by atoms with Crippen LogP contribution in [0.1, 0.15) is 19.8 Å². The number of nitriles is 1. The maximum atomic E-state index is 8.52. The van der Waals surface area contributed by atoms with E-state index < -0.39 is 0 Å². The van der Waals surface area contributed by atoms with Gasteiger partial charge in [0.15, 0.2) is 0 Å². The Labute approximate surface area is 55.7 Å². The normalized spacial score (nSPS) is 42.6. The minimum absolute atomic E-state index is 0.125. The fraction of sp³-hybridized carbons (Fsp3) is 0.857. The van der Waals surface area contributed by atoms with Crippen LogP contribution in [-0.2, 0) is 0 Å². The van der Waals surface area contributed by atoms with Crippen LogP contribution >= 0.6 is 0 Å². The van der Waals surface area contributed by atoms with Crippen LogP contribution in [0.4, 0.5) is 0 Å². The van der Waals surface area contributed by atoms with E-state index in [4.69, 9.17) is 11.0 Å². The Kier molecular flexibility index (Phi) is 1.73. The molecule has 0 heterocycles. The van der Waals surface area contributed by atoms with Crippen molar-refractivity contribution in [2.24, 2.45) is 17.6 Å². The van der Waals surface area contributed by atoms with Crippen molar-refractivity contribution < 1.29 is 0 Å². The van der Waals surface area contributed by atoms with Crippen LogP contribution in [0.5, 0.6) is 0 Å². The highest BCUT2D eigenvalue weighted by molar-refractivity contribution is 4.97. The van der Waals surface area contributed by atoms with Crippen LogP contribution in [0.15, 0.2) is 0 Å². The van der Waals surface area contributed by atoms with Crippen LogP contribution in [0, 0.1) is 23.2 Å². The molecule has 1 aliphatic carbocycles. The molecule has 1 rings (SSSR count). The molecule has 0 aliphatic heterocycles. The lowest BCUT2D eigenvalue weighted by Gasteiger charge is -2.10. The molecule has 0 aromatic rings. The molecule has 0 spiro atoms. The first-order valence-electron chi connectivity index (χ1n) is 3.41. The zero-order valence-electron chi connectivity index (χ0n) is 5.67. The van der Waals surface area contributed by atoms with E-state index in [0.717, 1.165) is 12.8 Å². The molecule has 2 heteroatoms. The molecule has 0 amide bonds. The summed E-state index contributed by atoms with van der Waals surface area (Å²) in [6.45, 7) is 2.11. The highest BCUT2D eigenvalue weighted by Gasteiger charge is 2.29. The minimum Gasteiger partial charge on any atom is -0.326 e. The quantitative estimate of drug-likeness (QED) is 0.521. The first kappa shape index (κ1) is 6.57. The average Bonchev–Trinajstić information content (AvgIpc) is 2.15. The van der Waals surface area contributed by atoms with Crippen molar-refractivity contribution in [1.82, 2.24) is 0 Å². The monoisotopic (exact) mass is 124 g/mol. The standard InChI is InChI=1S/C7H12N2/c1-5-2-3-6(4-8)7(5)9/h5-7H,2-3,9H2,1H3. The molecule has 0 saturated heterocycles. The molecular formula is C7H12N2. The van der Waals surface area contributed by atoms with Gasteiger partial charge in [-0.15, -0.1) is 0 Å². The molecule has 0 radical (unpaired) electrons. The van der Waals surface area contributed by atoms with E-state index in [1.807, 2.05) is 0 Å². The van der Waals surface area contributed by atoms with Crippen LogP contribution < -0.4 is 5.73 Å². The van der Waals surface area contributed by atoms with Crippen molar-refractivity contribution in [3.05, 3.63) is 0 Å². The van der Waals surface area contributed by atoms with Crippen molar-refractivity contribution in [2.45, 2.75) is 25.8 Å². The summed E-state index contributed by atoms with van der Waals surface area (Å²) in [4.78, 5) is 0. The average molecular weight is 124 g/mol. The van der Waals surface area contributed by atoms with Gasteiger partial charge < -0.3 is 5.73 Å². The third-order valence-electron chi connectivity index (χ3n) is 2.22. The first-order valence-corrected chi connectivity index (χ1v) is 3.41. The Morgan fingerprint density at radius 2 is 2.22 bits per heavy atom. The van der Waals surface area contributed by atoms with Gasteiger partial charge in [-0.25, -0.2) is 0 Å². The second-order valence-corrected chi connectivity index (χ2v) is 2.87. The lowest BCUT2D eigenvalue weighted by atomic mass is 10.0. The molecule has 50 valence electrons. The van der Waals surface area contributed by atoms with E-state index in [-0.39, 0.29) is 12.0 Å². The van der Waals surface area contributed by atoms with E-state index in [1.54, 1.807) is 0 Å². The van der Waals surface area contributed by atoms with E-state index >= 15 is 0 Å². The molecule has 0 aromatic carbocycles. The fourth-order valence-electron chi connectivity index (χ4n) is 1.37. The van der Waals surface area contributed by atoms with Gasteiger partial charge in [-0.2, -0.15) is 5.26 Å². The van der Waals surface area contributed by atoms with Crippen molar-refractivity contribution in [3.63, 3.8) is 0 Å². The second kappa shape index (κ2) is 2.36. The number of nitrogens with zero attached hydrogens (tertiary/aromatic N) is 1. The minimum atomic E-state index is 0.125. The van der Waals surface area contributed by atoms with Crippen LogP contribution in [0.2, 0.25) is 0 Å². The summed E-state index contributed by atoms with van der Waals surface area (Å²) in [5.74, 6) is 0.676. The topological polar surface area (TPSA) is 49.8 Å². The molecule has 9 heavy (non-hydrogen) atoms. The Balaban J connectivity index is 2.54. The summed E-state index contributed by atoms with van der Waals surface area (Å²) in [6.07, 6.45) is 2.12. The molecule has 2 N–H and O–H groups in total. The first-order chi connectivity index (χ1) is 4.25. The third kappa shape index (κ3) is 1.06. The van der Waals surface area contributed by atoms with Gasteiger partial charge in [0.1, 0.15) is 0 Å². The summed E-state index contributed by atoms with van der Waals surface area (Å²) in [5, 5.41) is 8.52. The van der Waals surface area contributed by atoms with Gasteiger partial charge in [-0.3, -0.25) is 0 Å². The van der Waals surface area contributed by atoms with Gasteiger partial charge in [0, 0.05) is 6.04 Å². The molecule has 0 bridgehead atoms. The molecule has 1 saturated carbocycles. The lowest BCUT2D eigenvalue weighted by Crippen LogP contribution is -2.28. The summed E-state index contributed by atoms with van der Waals surface area (Å²) in [6, 6.07) is 2.35. The Hall–Kier alpha value is -0.550. The molecule has 1 aliphatic rings. The molecule has 0 aromatic heterocycles. The van der Waals surface area contributed by atoms with Gasteiger partial charge in [-0.1, -0.05) is 6.92 Å². The van der Waals surface area contributed by atoms with Crippen molar-refractivity contribution in [2.75, 3.05) is 0 Å². The lowest BCUT2D eigenvalue weighted by molar-refractivity contribution is 0.489. The van der Waals surface area contributed by atoms with E-state index in [0.29, 0.717) is 5.92 Å². The second-order valence-electron chi connectivity index (χ2n) is 2.87. The summed E-state index contributed by atoms with van der Waals surface area (Å²) in [7, 11) is 0. The summed E-state index contributed by atoms with van der Waals surface area (Å²) < 4.78 is 0. The zero-order chi connectivity index (χ0) is 6.85. The number of hydrogen-bond donors (Lipinski definition) is 1. The maximum Gasteiger partial charge on any atom is 0.0672 e. The molecule has 3 unspecified atom stereocenters. The van der Waals surface area contributed by atoms with E-state index in [1.165, 1.54) is 0 Å². The zero-order valence-corrected chi connectivity index (χ0v) is 5.67. The predicted molar refractivity (Wildman–Crippen MR) is 35.5 cm³/mol. The van der Waals surface area contributed by atoms with E-state index in [9.17, 15) is 0 Å². The Bertz CT molecular complexity index is 136. The predicted octanol–water partition coefficient (Wildman–Crippen LogP) is 0.883. The largest absolute Gasteiger partial charge is 0.326 e. The summed E-state index contributed by atoms with van der Waals surface area (Å²) in [5.41, 5.74) is 5.71. The van der Waals surface area contributed by atoms with Gasteiger partial charge in [0.05, 0.1) is 12.0 Å². The van der Waals surface area contributed by atoms with Crippen molar-refractivity contribution in [3.8, 4) is 6.07 Å². The van der Waals surface area contributed by atoms with Crippen LogP contribution in [0.3, 0.4) is 0 Å². The summed E-state index contributed by atoms with van der Waals surface area (Å²) >= 11 is 0. The smallest absolute Gasteiger partial charge is 0.0672 e. The number of rotatable bonds is 0. The van der Waals surface area contributed by atoms with Gasteiger partial charge in [0.25, 0.3) is 0 Å². The van der Waals surface area contributed by atoms with Crippen LogP contribution in [0.25, 0.3) is 0 Å². The molecule has 1 fully saturated rings. The Morgan fingerprint density at radius 1 is 1.56 bits per heavy atom. The van der Waals surface area contributed by atoms with Crippen LogP contribution in [-0.4, -0.2) is 6.04 Å². The highest BCUT2D eigenvalue weighted by atomic mass is 14.7. The molecular weight excluding hydrogens is 112 g/mol. The van der Waals surface area contributed by atoms with Crippen molar-refractivity contribution >= 4 is 0 Å². The van der Waals surface area contributed by atoms with Gasteiger partial charge in [-0.05, 0) is 18.8 Å². The van der Waals surface area contributed by atoms with Gasteiger partial charge >= 0.3 is 0 Å². The third-order valence-corrected chi connectivity index (χ3v) is 2.22. The number of hydrogen-bond acceptors (Lipinski definition) is 2. The molecule has 2 nitrogen and oxygen atoms in total. The Morgan fingerprint density at radius 3 is 2.44 bits per heavy atom.